The molecule has 1 aromatic rings. The predicted octanol–water partition coefficient (Wildman–Crippen LogP) is 2.86. The van der Waals surface area contributed by atoms with Crippen molar-refractivity contribution in [2.45, 2.75) is 39.7 Å². The zero-order valence-corrected chi connectivity index (χ0v) is 12.1. The molecule has 2 unspecified atom stereocenters. The maximum Gasteiger partial charge on any atom is 0.0945 e. The lowest BCUT2D eigenvalue weighted by molar-refractivity contribution is -0.00735. The third-order valence-electron chi connectivity index (χ3n) is 5.24. The van der Waals surface area contributed by atoms with Crippen molar-refractivity contribution in [3.8, 4) is 0 Å². The SMILES string of the molecule is CC1(C)C2CC=C(CNCCCn3ccnc3)C1C2. The zero-order valence-electron chi connectivity index (χ0n) is 12.1. The zero-order chi connectivity index (χ0) is 13.3. The van der Waals surface area contributed by atoms with Crippen LogP contribution in [0.25, 0.3) is 0 Å². The van der Waals surface area contributed by atoms with Crippen LogP contribution < -0.4 is 5.32 Å². The van der Waals surface area contributed by atoms with Gasteiger partial charge in [-0.2, -0.15) is 0 Å². The van der Waals surface area contributed by atoms with Crippen LogP contribution in [0, 0.1) is 17.3 Å². The molecule has 19 heavy (non-hydrogen) atoms. The van der Waals surface area contributed by atoms with Crippen LogP contribution in [0.15, 0.2) is 30.4 Å². The van der Waals surface area contributed by atoms with E-state index in [0.29, 0.717) is 5.41 Å². The van der Waals surface area contributed by atoms with Crippen LogP contribution in [0.2, 0.25) is 0 Å². The highest BCUT2D eigenvalue weighted by atomic mass is 15.0. The average molecular weight is 259 g/mol. The van der Waals surface area contributed by atoms with Crippen LogP contribution >= 0.6 is 0 Å². The molecule has 1 N–H and O–H groups in total. The number of fused-ring (bicyclic) bond motifs is 1. The van der Waals surface area contributed by atoms with Crippen LogP contribution in [0.4, 0.5) is 0 Å². The molecule has 2 atom stereocenters. The minimum atomic E-state index is 0.558. The third-order valence-corrected chi connectivity index (χ3v) is 5.24. The van der Waals surface area contributed by atoms with Gasteiger partial charge in [0.1, 0.15) is 0 Å². The number of hydrogen-bond acceptors (Lipinski definition) is 2. The number of aromatic nitrogens is 2. The average Bonchev–Trinajstić information content (AvgIpc) is 2.91. The van der Waals surface area contributed by atoms with Crippen molar-refractivity contribution in [3.05, 3.63) is 30.4 Å². The summed E-state index contributed by atoms with van der Waals surface area (Å²) in [6, 6.07) is 0. The molecule has 3 aliphatic carbocycles. The Bertz CT molecular complexity index is 445. The van der Waals surface area contributed by atoms with E-state index in [-0.39, 0.29) is 0 Å². The molecule has 4 rings (SSSR count). The second-order valence-corrected chi connectivity index (χ2v) is 6.65. The molecule has 1 aromatic heterocycles. The van der Waals surface area contributed by atoms with Crippen molar-refractivity contribution in [2.24, 2.45) is 17.3 Å². The first kappa shape index (κ1) is 12.9. The van der Waals surface area contributed by atoms with E-state index >= 15 is 0 Å². The molecule has 2 bridgehead atoms. The first-order valence-corrected chi connectivity index (χ1v) is 7.53. The first-order valence-electron chi connectivity index (χ1n) is 7.53. The summed E-state index contributed by atoms with van der Waals surface area (Å²) in [7, 11) is 0. The van der Waals surface area contributed by atoms with Gasteiger partial charge in [0.05, 0.1) is 6.33 Å². The fraction of sp³-hybridized carbons (Fsp3) is 0.688. The maximum atomic E-state index is 4.06. The lowest BCUT2D eigenvalue weighted by Crippen LogP contribution is -2.49. The molecule has 0 aromatic carbocycles. The van der Waals surface area contributed by atoms with Gasteiger partial charge in [0, 0.05) is 25.5 Å². The highest BCUT2D eigenvalue weighted by Gasteiger charge is 2.50. The molecule has 0 spiro atoms. The summed E-state index contributed by atoms with van der Waals surface area (Å²) in [6.07, 6.45) is 12.1. The number of rotatable bonds is 6. The molecule has 3 aliphatic rings. The topological polar surface area (TPSA) is 29.9 Å². The Hall–Kier alpha value is -1.09. The lowest BCUT2D eigenvalue weighted by Gasteiger charge is -2.56. The number of nitrogens with zero attached hydrogens (tertiary/aromatic N) is 2. The van der Waals surface area contributed by atoms with E-state index in [2.05, 4.69) is 34.8 Å². The van der Waals surface area contributed by atoms with E-state index in [1.807, 2.05) is 18.7 Å². The monoisotopic (exact) mass is 259 g/mol. The molecular formula is C16H25N3. The standard InChI is InChI=1S/C16H25N3/c1-16(2)14-5-4-13(15(16)10-14)11-17-6-3-8-19-9-7-18-12-19/h4,7,9,12,14-15,17H,3,5-6,8,10-11H2,1-2H3. The molecule has 0 amide bonds. The molecular weight excluding hydrogens is 234 g/mol. The van der Waals surface area contributed by atoms with Crippen molar-refractivity contribution in [2.75, 3.05) is 13.1 Å². The molecule has 0 radical (unpaired) electrons. The van der Waals surface area contributed by atoms with Crippen LogP contribution in [0.3, 0.4) is 0 Å². The van der Waals surface area contributed by atoms with Crippen LogP contribution in [-0.4, -0.2) is 22.6 Å². The van der Waals surface area contributed by atoms with Crippen molar-refractivity contribution >= 4 is 0 Å². The number of allylic oxidation sites excluding steroid dienone is 1. The Kier molecular flexibility index (Phi) is 3.48. The summed E-state index contributed by atoms with van der Waals surface area (Å²) in [5.41, 5.74) is 2.22. The highest BCUT2D eigenvalue weighted by Crippen LogP contribution is 2.58. The number of nitrogens with one attached hydrogen (secondary N) is 1. The van der Waals surface area contributed by atoms with Gasteiger partial charge in [-0.05, 0) is 43.1 Å². The van der Waals surface area contributed by atoms with Gasteiger partial charge in [-0.15, -0.1) is 0 Å². The summed E-state index contributed by atoms with van der Waals surface area (Å²) >= 11 is 0. The van der Waals surface area contributed by atoms with Crippen molar-refractivity contribution in [3.63, 3.8) is 0 Å². The van der Waals surface area contributed by atoms with Gasteiger partial charge in [-0.25, -0.2) is 4.98 Å². The summed E-state index contributed by atoms with van der Waals surface area (Å²) < 4.78 is 2.14. The summed E-state index contributed by atoms with van der Waals surface area (Å²) in [4.78, 5) is 4.06. The number of hydrogen-bond donors (Lipinski definition) is 1. The van der Waals surface area contributed by atoms with Gasteiger partial charge in [-0.1, -0.05) is 25.5 Å². The van der Waals surface area contributed by atoms with Crippen molar-refractivity contribution < 1.29 is 0 Å². The molecule has 1 heterocycles. The van der Waals surface area contributed by atoms with Crippen LogP contribution in [-0.2, 0) is 6.54 Å². The Labute approximate surface area is 116 Å². The Morgan fingerprint density at radius 1 is 1.47 bits per heavy atom. The molecule has 0 saturated heterocycles. The maximum absolute atomic E-state index is 4.06. The van der Waals surface area contributed by atoms with E-state index in [1.165, 1.54) is 19.3 Å². The Morgan fingerprint density at radius 2 is 2.37 bits per heavy atom. The van der Waals surface area contributed by atoms with Crippen LogP contribution in [0.5, 0.6) is 0 Å². The number of imidazole rings is 1. The molecule has 1 fully saturated rings. The normalized spacial score (nSPS) is 27.8. The smallest absolute Gasteiger partial charge is 0.0945 e. The lowest BCUT2D eigenvalue weighted by atomic mass is 9.49. The summed E-state index contributed by atoms with van der Waals surface area (Å²) in [5, 5.41) is 3.61. The molecule has 1 saturated carbocycles. The summed E-state index contributed by atoms with van der Waals surface area (Å²) in [5.74, 6) is 1.79. The molecule has 3 nitrogen and oxygen atoms in total. The molecule has 0 aliphatic heterocycles. The summed E-state index contributed by atoms with van der Waals surface area (Å²) in [6.45, 7) is 8.12. The van der Waals surface area contributed by atoms with E-state index in [9.17, 15) is 0 Å². The molecule has 104 valence electrons. The van der Waals surface area contributed by atoms with Crippen LogP contribution in [0.1, 0.15) is 33.1 Å². The second kappa shape index (κ2) is 5.12. The van der Waals surface area contributed by atoms with Gasteiger partial charge in [0.2, 0.25) is 0 Å². The largest absolute Gasteiger partial charge is 0.337 e. The van der Waals surface area contributed by atoms with Crippen molar-refractivity contribution in [1.29, 1.82) is 0 Å². The van der Waals surface area contributed by atoms with Gasteiger partial charge >= 0.3 is 0 Å². The van der Waals surface area contributed by atoms with E-state index < -0.39 is 0 Å². The van der Waals surface area contributed by atoms with Gasteiger partial charge < -0.3 is 9.88 Å². The van der Waals surface area contributed by atoms with Crippen molar-refractivity contribution in [1.82, 2.24) is 14.9 Å². The number of aryl methyl sites for hydroxylation is 1. The second-order valence-electron chi connectivity index (χ2n) is 6.65. The minimum Gasteiger partial charge on any atom is -0.337 e. The quantitative estimate of drug-likeness (QED) is 0.629. The van der Waals surface area contributed by atoms with Gasteiger partial charge in [0.25, 0.3) is 0 Å². The minimum absolute atomic E-state index is 0.558. The Morgan fingerprint density at radius 3 is 3.05 bits per heavy atom. The van der Waals surface area contributed by atoms with E-state index in [4.69, 9.17) is 0 Å². The fourth-order valence-electron chi connectivity index (χ4n) is 3.71. The predicted molar refractivity (Wildman–Crippen MR) is 77.8 cm³/mol. The van der Waals surface area contributed by atoms with E-state index in [1.54, 1.807) is 5.57 Å². The van der Waals surface area contributed by atoms with Gasteiger partial charge in [0.15, 0.2) is 0 Å². The first-order chi connectivity index (χ1) is 9.18. The highest BCUT2D eigenvalue weighted by molar-refractivity contribution is 5.24. The third kappa shape index (κ3) is 2.48. The fourth-order valence-corrected chi connectivity index (χ4v) is 3.71. The van der Waals surface area contributed by atoms with Gasteiger partial charge in [-0.3, -0.25) is 0 Å². The Balaban J connectivity index is 1.38. The van der Waals surface area contributed by atoms with E-state index in [0.717, 1.165) is 31.5 Å². The molecule has 3 heteroatoms.